The van der Waals surface area contributed by atoms with E-state index in [2.05, 4.69) is 15.9 Å². The minimum Gasteiger partial charge on any atom is -0.383 e. The standard InChI is InChI=1S/C4H6BrF3O/c1-2(5)3(9)4(6,7)8/h2-3,9H,1H3/t2-,3+/m1/s1. The van der Waals surface area contributed by atoms with Gasteiger partial charge in [0.05, 0.1) is 0 Å². The van der Waals surface area contributed by atoms with Crippen LogP contribution in [0.4, 0.5) is 13.2 Å². The van der Waals surface area contributed by atoms with Crippen LogP contribution in [0.5, 0.6) is 0 Å². The van der Waals surface area contributed by atoms with Crippen molar-refractivity contribution in [2.75, 3.05) is 0 Å². The lowest BCUT2D eigenvalue weighted by Crippen LogP contribution is -2.34. The zero-order valence-electron chi connectivity index (χ0n) is 4.61. The van der Waals surface area contributed by atoms with Gasteiger partial charge in [0.25, 0.3) is 0 Å². The first kappa shape index (κ1) is 9.23. The molecule has 56 valence electrons. The van der Waals surface area contributed by atoms with Crippen LogP contribution in [-0.2, 0) is 0 Å². The van der Waals surface area contributed by atoms with Crippen molar-refractivity contribution < 1.29 is 18.3 Å². The van der Waals surface area contributed by atoms with Crippen molar-refractivity contribution in [3.8, 4) is 0 Å². The summed E-state index contributed by atoms with van der Waals surface area (Å²) in [6.45, 7) is 1.23. The highest BCUT2D eigenvalue weighted by Gasteiger charge is 2.40. The second-order valence-corrected chi connectivity index (χ2v) is 3.11. The van der Waals surface area contributed by atoms with Crippen molar-refractivity contribution >= 4 is 15.9 Å². The van der Waals surface area contributed by atoms with Gasteiger partial charge in [0.2, 0.25) is 0 Å². The van der Waals surface area contributed by atoms with E-state index >= 15 is 0 Å². The molecule has 5 heteroatoms. The average molecular weight is 207 g/mol. The number of rotatable bonds is 1. The molecule has 0 amide bonds. The van der Waals surface area contributed by atoms with Gasteiger partial charge in [-0.05, 0) is 6.92 Å². The van der Waals surface area contributed by atoms with Gasteiger partial charge >= 0.3 is 6.18 Å². The minimum absolute atomic E-state index is 0.947. The molecule has 0 radical (unpaired) electrons. The number of halogens is 4. The van der Waals surface area contributed by atoms with E-state index in [1.54, 1.807) is 0 Å². The lowest BCUT2D eigenvalue weighted by atomic mass is 10.3. The Morgan fingerprint density at radius 1 is 1.44 bits per heavy atom. The van der Waals surface area contributed by atoms with Crippen molar-refractivity contribution in [2.45, 2.75) is 24.0 Å². The van der Waals surface area contributed by atoms with Gasteiger partial charge in [-0.3, -0.25) is 0 Å². The normalized spacial score (nSPS) is 19.3. The zero-order chi connectivity index (χ0) is 7.65. The van der Waals surface area contributed by atoms with Gasteiger partial charge in [-0.15, -0.1) is 0 Å². The van der Waals surface area contributed by atoms with Gasteiger partial charge in [0, 0.05) is 4.83 Å². The highest BCUT2D eigenvalue weighted by atomic mass is 79.9. The third-order valence-electron chi connectivity index (χ3n) is 0.770. The van der Waals surface area contributed by atoms with Crippen molar-refractivity contribution in [1.29, 1.82) is 0 Å². The van der Waals surface area contributed by atoms with Crippen LogP contribution in [0.1, 0.15) is 6.92 Å². The van der Waals surface area contributed by atoms with Gasteiger partial charge in [-0.1, -0.05) is 15.9 Å². The number of hydrogen-bond acceptors (Lipinski definition) is 1. The van der Waals surface area contributed by atoms with Crippen LogP contribution in [-0.4, -0.2) is 22.2 Å². The van der Waals surface area contributed by atoms with Gasteiger partial charge < -0.3 is 5.11 Å². The number of alkyl halides is 4. The largest absolute Gasteiger partial charge is 0.415 e. The van der Waals surface area contributed by atoms with Crippen molar-refractivity contribution in [1.82, 2.24) is 0 Å². The summed E-state index contributed by atoms with van der Waals surface area (Å²) in [5, 5.41) is 8.29. The van der Waals surface area contributed by atoms with Gasteiger partial charge in [0.15, 0.2) is 6.10 Å². The molecule has 0 bridgehead atoms. The summed E-state index contributed by atoms with van der Waals surface area (Å²) >= 11 is 2.61. The van der Waals surface area contributed by atoms with Crippen LogP contribution >= 0.6 is 15.9 Å². The van der Waals surface area contributed by atoms with E-state index in [-0.39, 0.29) is 0 Å². The molecule has 0 aromatic carbocycles. The van der Waals surface area contributed by atoms with Gasteiger partial charge in [-0.25, -0.2) is 0 Å². The van der Waals surface area contributed by atoms with E-state index in [0.717, 1.165) is 0 Å². The fourth-order valence-electron chi connectivity index (χ4n) is 0.260. The second-order valence-electron chi connectivity index (χ2n) is 1.66. The summed E-state index contributed by atoms with van der Waals surface area (Å²) in [7, 11) is 0. The number of aliphatic hydroxyl groups excluding tert-OH is 1. The maximum atomic E-state index is 11.4. The summed E-state index contributed by atoms with van der Waals surface area (Å²) in [5.74, 6) is 0. The summed E-state index contributed by atoms with van der Waals surface area (Å²) in [6, 6.07) is 0. The molecule has 0 spiro atoms. The molecule has 0 heterocycles. The first-order valence-corrected chi connectivity index (χ1v) is 3.16. The third-order valence-corrected chi connectivity index (χ3v) is 1.27. The summed E-state index contributed by atoms with van der Waals surface area (Å²) < 4.78 is 34.3. The second kappa shape index (κ2) is 2.88. The quantitative estimate of drug-likeness (QED) is 0.648. The molecule has 0 fully saturated rings. The van der Waals surface area contributed by atoms with E-state index in [1.165, 1.54) is 6.92 Å². The molecule has 0 saturated carbocycles. The predicted octanol–water partition coefficient (Wildman–Crippen LogP) is 1.69. The molecule has 0 rings (SSSR count). The molecule has 0 aromatic rings. The van der Waals surface area contributed by atoms with E-state index in [0.29, 0.717) is 0 Å². The molecule has 0 aliphatic carbocycles. The summed E-state index contributed by atoms with van der Waals surface area (Å²) in [5.41, 5.74) is 0. The molecule has 0 aliphatic rings. The van der Waals surface area contributed by atoms with Gasteiger partial charge in [0.1, 0.15) is 0 Å². The summed E-state index contributed by atoms with van der Waals surface area (Å²) in [4.78, 5) is -0.947. The Morgan fingerprint density at radius 3 is 1.78 bits per heavy atom. The molecular weight excluding hydrogens is 201 g/mol. The molecule has 2 atom stereocenters. The smallest absolute Gasteiger partial charge is 0.383 e. The average Bonchev–Trinajstić information content (AvgIpc) is 1.62. The number of hydrogen-bond donors (Lipinski definition) is 1. The van der Waals surface area contributed by atoms with E-state index in [4.69, 9.17) is 5.11 Å². The maximum Gasteiger partial charge on any atom is 0.415 e. The lowest BCUT2D eigenvalue weighted by Gasteiger charge is -2.15. The molecule has 9 heavy (non-hydrogen) atoms. The van der Waals surface area contributed by atoms with E-state index < -0.39 is 17.1 Å². The van der Waals surface area contributed by atoms with Crippen molar-refractivity contribution in [3.05, 3.63) is 0 Å². The monoisotopic (exact) mass is 206 g/mol. The van der Waals surface area contributed by atoms with E-state index in [9.17, 15) is 13.2 Å². The SMILES string of the molecule is C[C@@H](Br)[C@H](O)C(F)(F)F. The third kappa shape index (κ3) is 3.05. The molecule has 1 N–H and O–H groups in total. The van der Waals surface area contributed by atoms with Crippen LogP contribution in [0, 0.1) is 0 Å². The molecule has 0 aromatic heterocycles. The Bertz CT molecular complexity index is 90.3. The Labute approximate surface area is 59.0 Å². The zero-order valence-corrected chi connectivity index (χ0v) is 6.20. The van der Waals surface area contributed by atoms with Crippen LogP contribution in [0.15, 0.2) is 0 Å². The van der Waals surface area contributed by atoms with Gasteiger partial charge in [-0.2, -0.15) is 13.2 Å². The number of aliphatic hydroxyl groups is 1. The Balaban J connectivity index is 3.88. The summed E-state index contributed by atoms with van der Waals surface area (Å²) in [6.07, 6.45) is -6.78. The maximum absolute atomic E-state index is 11.4. The molecule has 0 saturated heterocycles. The van der Waals surface area contributed by atoms with Crippen LogP contribution < -0.4 is 0 Å². The first-order chi connectivity index (χ1) is 3.85. The fraction of sp³-hybridized carbons (Fsp3) is 1.00. The molecule has 1 nitrogen and oxygen atoms in total. The predicted molar refractivity (Wildman–Crippen MR) is 30.5 cm³/mol. The van der Waals surface area contributed by atoms with Crippen LogP contribution in [0.2, 0.25) is 0 Å². The van der Waals surface area contributed by atoms with Crippen LogP contribution in [0.3, 0.4) is 0 Å². The van der Waals surface area contributed by atoms with E-state index in [1.807, 2.05) is 0 Å². The minimum atomic E-state index is -4.51. The fourth-order valence-corrected chi connectivity index (χ4v) is 0.560. The Morgan fingerprint density at radius 2 is 1.78 bits per heavy atom. The highest BCUT2D eigenvalue weighted by Crippen LogP contribution is 2.25. The highest BCUT2D eigenvalue weighted by molar-refractivity contribution is 9.09. The topological polar surface area (TPSA) is 20.2 Å². The first-order valence-electron chi connectivity index (χ1n) is 2.24. The Hall–Kier alpha value is 0.230. The van der Waals surface area contributed by atoms with Crippen molar-refractivity contribution in [3.63, 3.8) is 0 Å². The molecular formula is C4H6BrF3O. The molecule has 0 aliphatic heterocycles. The molecule has 0 unspecified atom stereocenters. The van der Waals surface area contributed by atoms with Crippen LogP contribution in [0.25, 0.3) is 0 Å². The lowest BCUT2D eigenvalue weighted by molar-refractivity contribution is -0.201. The Kier molecular flexibility index (Phi) is 2.95. The van der Waals surface area contributed by atoms with Crippen molar-refractivity contribution in [2.24, 2.45) is 0 Å².